The van der Waals surface area contributed by atoms with Gasteiger partial charge in [-0.2, -0.15) is 13.2 Å². The molecule has 1 fully saturated rings. The van der Waals surface area contributed by atoms with Gasteiger partial charge in [0, 0.05) is 80.6 Å². The van der Waals surface area contributed by atoms with Crippen LogP contribution in [-0.4, -0.2) is 65.0 Å². The average molecular weight is 594 g/mol. The number of nitrogens with zero attached hydrogens (tertiary/aromatic N) is 6. The molecule has 0 aliphatic carbocycles. The quantitative estimate of drug-likeness (QED) is 0.323. The van der Waals surface area contributed by atoms with Crippen molar-refractivity contribution in [1.29, 1.82) is 0 Å². The molecular formula is C30H27ClF3N7O. The van der Waals surface area contributed by atoms with E-state index in [1.54, 1.807) is 30.7 Å². The summed E-state index contributed by atoms with van der Waals surface area (Å²) in [5, 5.41) is 3.47. The molecule has 4 aromatic rings. The number of alkyl halides is 3. The van der Waals surface area contributed by atoms with E-state index in [0.717, 1.165) is 17.2 Å². The van der Waals surface area contributed by atoms with Crippen molar-refractivity contribution < 1.29 is 18.0 Å². The number of nitrogens with one attached hydrogen (secondary N) is 1. The average Bonchev–Trinajstić information content (AvgIpc) is 3.01. The summed E-state index contributed by atoms with van der Waals surface area (Å²) in [6, 6.07) is 14.6. The maximum absolute atomic E-state index is 13.7. The van der Waals surface area contributed by atoms with Gasteiger partial charge in [-0.05, 0) is 53.6 Å². The van der Waals surface area contributed by atoms with Gasteiger partial charge in [0.2, 0.25) is 5.95 Å². The molecule has 0 spiro atoms. The Morgan fingerprint density at radius 1 is 0.905 bits per heavy atom. The third-order valence-electron chi connectivity index (χ3n) is 7.46. The molecule has 42 heavy (non-hydrogen) atoms. The van der Waals surface area contributed by atoms with Gasteiger partial charge in [-0.15, -0.1) is 0 Å². The van der Waals surface area contributed by atoms with Crippen LogP contribution in [0.25, 0.3) is 11.1 Å². The van der Waals surface area contributed by atoms with E-state index in [9.17, 15) is 18.0 Å². The number of benzene rings is 2. The molecule has 1 saturated heterocycles. The fourth-order valence-corrected chi connectivity index (χ4v) is 5.53. The molecule has 0 atom stereocenters. The van der Waals surface area contributed by atoms with Gasteiger partial charge in [-0.3, -0.25) is 4.79 Å². The second-order valence-corrected chi connectivity index (χ2v) is 10.6. The third-order valence-corrected chi connectivity index (χ3v) is 7.70. The van der Waals surface area contributed by atoms with Gasteiger partial charge >= 0.3 is 6.18 Å². The highest BCUT2D eigenvalue weighted by Crippen LogP contribution is 2.37. The number of carbonyl (C=O) groups excluding carboxylic acids is 1. The lowest BCUT2D eigenvalue weighted by Crippen LogP contribution is -2.49. The molecule has 0 radical (unpaired) electrons. The molecule has 4 heterocycles. The number of halogens is 4. The monoisotopic (exact) mass is 593 g/mol. The summed E-state index contributed by atoms with van der Waals surface area (Å²) < 4.78 is 41.2. The molecule has 2 aliphatic rings. The van der Waals surface area contributed by atoms with E-state index < -0.39 is 11.7 Å². The van der Waals surface area contributed by atoms with Gasteiger partial charge < -0.3 is 20.0 Å². The first kappa shape index (κ1) is 27.8. The molecule has 1 N–H and O–H groups in total. The summed E-state index contributed by atoms with van der Waals surface area (Å²) in [4.78, 5) is 32.3. The largest absolute Gasteiger partial charge is 0.416 e. The minimum Gasteiger partial charge on any atom is -0.367 e. The molecule has 0 saturated carbocycles. The first-order valence-corrected chi connectivity index (χ1v) is 13.9. The second-order valence-electron chi connectivity index (χ2n) is 10.1. The summed E-state index contributed by atoms with van der Waals surface area (Å²) in [5.74, 6) is 1.17. The molecule has 2 aromatic carbocycles. The second kappa shape index (κ2) is 11.5. The fourth-order valence-electron chi connectivity index (χ4n) is 5.34. The van der Waals surface area contributed by atoms with Crippen molar-refractivity contribution in [2.45, 2.75) is 12.7 Å². The fraction of sp³-hybridized carbons (Fsp3) is 0.267. The minimum absolute atomic E-state index is 0.0216. The van der Waals surface area contributed by atoms with Crippen LogP contribution in [0.15, 0.2) is 73.2 Å². The summed E-state index contributed by atoms with van der Waals surface area (Å²) in [7, 11) is 0. The molecular weight excluding hydrogens is 567 g/mol. The van der Waals surface area contributed by atoms with E-state index in [2.05, 4.69) is 25.2 Å². The number of pyridine rings is 1. The van der Waals surface area contributed by atoms with E-state index in [1.165, 1.54) is 12.1 Å². The van der Waals surface area contributed by atoms with Crippen LogP contribution in [0, 0.1) is 0 Å². The highest BCUT2D eigenvalue weighted by atomic mass is 35.5. The molecule has 12 heteroatoms. The number of anilines is 3. The van der Waals surface area contributed by atoms with Crippen LogP contribution in [0.5, 0.6) is 0 Å². The van der Waals surface area contributed by atoms with Crippen LogP contribution in [0.3, 0.4) is 0 Å². The Morgan fingerprint density at radius 2 is 1.69 bits per heavy atom. The Morgan fingerprint density at radius 3 is 2.45 bits per heavy atom. The number of fused-ring (bicyclic) bond motifs is 1. The molecule has 2 aromatic heterocycles. The molecule has 0 unspecified atom stereocenters. The molecule has 1 amide bonds. The molecule has 216 valence electrons. The molecule has 8 nitrogen and oxygen atoms in total. The Labute approximate surface area is 245 Å². The highest BCUT2D eigenvalue weighted by Gasteiger charge is 2.34. The van der Waals surface area contributed by atoms with E-state index in [1.807, 2.05) is 34.1 Å². The number of carbonyl (C=O) groups is 1. The number of hydrogen-bond acceptors (Lipinski definition) is 7. The lowest BCUT2D eigenvalue weighted by Gasteiger charge is -2.34. The van der Waals surface area contributed by atoms with Gasteiger partial charge in [0.05, 0.1) is 11.3 Å². The highest BCUT2D eigenvalue weighted by molar-refractivity contribution is 6.30. The van der Waals surface area contributed by atoms with Gasteiger partial charge in [0.25, 0.3) is 5.91 Å². The number of rotatable bonds is 5. The summed E-state index contributed by atoms with van der Waals surface area (Å²) in [5.41, 5.74) is 2.17. The predicted molar refractivity (Wildman–Crippen MR) is 156 cm³/mol. The van der Waals surface area contributed by atoms with Crippen molar-refractivity contribution >= 4 is 35.0 Å². The van der Waals surface area contributed by atoms with Crippen molar-refractivity contribution in [3.05, 3.63) is 94.9 Å². The first-order chi connectivity index (χ1) is 20.3. The van der Waals surface area contributed by atoms with Crippen LogP contribution in [0.2, 0.25) is 5.02 Å². The Balaban J connectivity index is 1.22. The normalized spacial score (nSPS) is 15.3. The van der Waals surface area contributed by atoms with Crippen LogP contribution < -0.4 is 15.1 Å². The van der Waals surface area contributed by atoms with Crippen molar-refractivity contribution in [1.82, 2.24) is 19.9 Å². The zero-order valence-electron chi connectivity index (χ0n) is 22.5. The van der Waals surface area contributed by atoms with Gasteiger partial charge in [-0.1, -0.05) is 23.7 Å². The zero-order chi connectivity index (χ0) is 29.3. The van der Waals surface area contributed by atoms with Crippen LogP contribution >= 0.6 is 11.6 Å². The van der Waals surface area contributed by atoms with Crippen molar-refractivity contribution in [3.8, 4) is 11.1 Å². The van der Waals surface area contributed by atoms with Gasteiger partial charge in [-0.25, -0.2) is 15.0 Å². The molecule has 6 rings (SSSR count). The first-order valence-electron chi connectivity index (χ1n) is 13.5. The Hall–Kier alpha value is -4.38. The summed E-state index contributed by atoms with van der Waals surface area (Å²) >= 11 is 6.07. The van der Waals surface area contributed by atoms with Crippen molar-refractivity contribution in [3.63, 3.8) is 0 Å². The topological polar surface area (TPSA) is 77.5 Å². The number of hydrogen-bond donors (Lipinski definition) is 1. The Bertz CT molecular complexity index is 1590. The summed E-state index contributed by atoms with van der Waals surface area (Å²) in [6.07, 6.45) is 0.616. The van der Waals surface area contributed by atoms with Crippen molar-refractivity contribution in [2.75, 3.05) is 54.4 Å². The van der Waals surface area contributed by atoms with Gasteiger partial charge in [0.1, 0.15) is 5.82 Å². The SMILES string of the molecule is O=C(c1cccc(-c2cnc3c(c2)N(Cc2cc(Cl)ccc2C(F)(F)F)CCN3)c1)N1CCN(c2ncccn2)CC1. The van der Waals surface area contributed by atoms with Crippen LogP contribution in [0.1, 0.15) is 21.5 Å². The van der Waals surface area contributed by atoms with E-state index in [4.69, 9.17) is 11.6 Å². The van der Waals surface area contributed by atoms with Crippen molar-refractivity contribution in [2.24, 2.45) is 0 Å². The maximum atomic E-state index is 13.7. The van der Waals surface area contributed by atoms with E-state index >= 15 is 0 Å². The zero-order valence-corrected chi connectivity index (χ0v) is 23.2. The number of aromatic nitrogens is 3. The van der Waals surface area contributed by atoms with Crippen LogP contribution in [-0.2, 0) is 12.7 Å². The minimum atomic E-state index is -4.49. The third kappa shape index (κ3) is 5.82. The molecule has 2 aliphatic heterocycles. The van der Waals surface area contributed by atoms with Crippen LogP contribution in [0.4, 0.5) is 30.6 Å². The maximum Gasteiger partial charge on any atom is 0.416 e. The Kier molecular flexibility index (Phi) is 7.59. The number of piperazine rings is 1. The van der Waals surface area contributed by atoms with Gasteiger partial charge in [0.15, 0.2) is 0 Å². The summed E-state index contributed by atoms with van der Waals surface area (Å²) in [6.45, 7) is 3.41. The number of amides is 1. The lowest BCUT2D eigenvalue weighted by molar-refractivity contribution is -0.138. The van der Waals surface area contributed by atoms with E-state index in [-0.39, 0.29) is 23.0 Å². The van der Waals surface area contributed by atoms with E-state index in [0.29, 0.717) is 62.3 Å². The standard InChI is InChI=1S/C30H27ClF3N7O/c31-24-5-6-25(30(32,33)34)23(16-24)19-41-10-9-35-27-26(41)17-22(18-38-27)20-3-1-4-21(15-20)28(42)39-11-13-40(14-12-39)29-36-7-2-8-37-29/h1-8,15-18H,9-14,19H2,(H,35,38). The molecule has 0 bridgehead atoms. The predicted octanol–water partition coefficient (Wildman–Crippen LogP) is 5.61. The lowest BCUT2D eigenvalue weighted by atomic mass is 10.0. The smallest absolute Gasteiger partial charge is 0.367 e.